The Hall–Kier alpha value is -2.77. The number of piperidine rings is 1. The van der Waals surface area contributed by atoms with Crippen molar-refractivity contribution in [3.8, 4) is 0 Å². The number of nitrogens with one attached hydrogen (secondary N) is 1. The van der Waals surface area contributed by atoms with Gasteiger partial charge in [0.15, 0.2) is 5.54 Å². The first-order chi connectivity index (χ1) is 12.6. The molecule has 1 aromatic rings. The van der Waals surface area contributed by atoms with Crippen LogP contribution < -0.4 is 5.32 Å². The first-order valence-electron chi connectivity index (χ1n) is 8.81. The van der Waals surface area contributed by atoms with Gasteiger partial charge in [-0.3, -0.25) is 0 Å². The van der Waals surface area contributed by atoms with E-state index in [1.807, 2.05) is 18.2 Å². The van der Waals surface area contributed by atoms with Crippen LogP contribution in [0.1, 0.15) is 39.2 Å². The number of carbonyl (C=O) groups excluding carboxylic acids is 2. The molecule has 1 aliphatic rings. The largest absolute Gasteiger partial charge is 0.479 e. The second-order valence-corrected chi connectivity index (χ2v) is 7.58. The molecule has 0 aromatic heterocycles. The minimum absolute atomic E-state index is 0.0259. The molecule has 0 aliphatic carbocycles. The maximum atomic E-state index is 12.3. The summed E-state index contributed by atoms with van der Waals surface area (Å²) in [6.07, 6.45) is -0.827. The Balaban J connectivity index is 2.02. The van der Waals surface area contributed by atoms with Crippen LogP contribution in [-0.4, -0.2) is 52.4 Å². The van der Waals surface area contributed by atoms with E-state index in [1.54, 1.807) is 32.9 Å². The highest BCUT2D eigenvalue weighted by atomic mass is 16.6. The van der Waals surface area contributed by atoms with Gasteiger partial charge in [0, 0.05) is 6.54 Å². The van der Waals surface area contributed by atoms with E-state index in [1.165, 1.54) is 4.90 Å². The zero-order chi connectivity index (χ0) is 20.1. The summed E-state index contributed by atoms with van der Waals surface area (Å²) in [4.78, 5) is 37.7. The fraction of sp³-hybridized carbons (Fsp3) is 0.526. The van der Waals surface area contributed by atoms with Crippen LogP contribution in [0.4, 0.5) is 9.59 Å². The van der Waals surface area contributed by atoms with Crippen molar-refractivity contribution in [3.63, 3.8) is 0 Å². The van der Waals surface area contributed by atoms with Gasteiger partial charge in [-0.2, -0.15) is 0 Å². The molecule has 1 fully saturated rings. The van der Waals surface area contributed by atoms with Gasteiger partial charge in [-0.1, -0.05) is 30.3 Å². The van der Waals surface area contributed by atoms with Crippen molar-refractivity contribution in [2.24, 2.45) is 0 Å². The third-order valence-electron chi connectivity index (χ3n) is 4.11. The second-order valence-electron chi connectivity index (χ2n) is 7.58. The normalized spacial score (nSPS) is 19.9. The van der Waals surface area contributed by atoms with Gasteiger partial charge in [0.05, 0.1) is 6.54 Å². The van der Waals surface area contributed by atoms with Gasteiger partial charge < -0.3 is 24.8 Å². The molecule has 0 saturated carbocycles. The topological polar surface area (TPSA) is 105 Å². The van der Waals surface area contributed by atoms with Crippen molar-refractivity contribution >= 4 is 18.2 Å². The summed E-state index contributed by atoms with van der Waals surface area (Å²) in [5.74, 6) is -1.22. The molecule has 0 spiro atoms. The maximum Gasteiger partial charge on any atom is 0.410 e. The Labute approximate surface area is 158 Å². The first-order valence-corrected chi connectivity index (χ1v) is 8.81. The molecule has 0 radical (unpaired) electrons. The average Bonchev–Trinajstić information content (AvgIpc) is 2.59. The number of benzene rings is 1. The van der Waals surface area contributed by atoms with Gasteiger partial charge in [-0.05, 0) is 39.2 Å². The average molecular weight is 378 g/mol. The Morgan fingerprint density at radius 1 is 1.22 bits per heavy atom. The molecule has 148 valence electrons. The van der Waals surface area contributed by atoms with Gasteiger partial charge in [-0.25, -0.2) is 14.4 Å². The highest BCUT2D eigenvalue weighted by molar-refractivity contribution is 5.85. The summed E-state index contributed by atoms with van der Waals surface area (Å²) in [6.45, 7) is 5.41. The number of alkyl carbamates (subject to hydrolysis) is 1. The molecule has 2 rings (SSSR count). The number of ether oxygens (including phenoxy) is 2. The molecule has 2 N–H and O–H groups in total. The van der Waals surface area contributed by atoms with Crippen molar-refractivity contribution in [3.05, 3.63) is 35.9 Å². The zero-order valence-corrected chi connectivity index (χ0v) is 15.9. The standard InChI is InChI=1S/C19H26N2O6/c1-18(2,3)27-17(25)21-11-7-10-19(13-21,15(22)23)20-16(24)26-12-14-8-5-4-6-9-14/h4-6,8-9H,7,10-13H2,1-3H3,(H,20,24)(H,22,23). The molecular weight excluding hydrogens is 352 g/mol. The van der Waals surface area contributed by atoms with E-state index in [0.29, 0.717) is 13.0 Å². The van der Waals surface area contributed by atoms with E-state index in [0.717, 1.165) is 5.56 Å². The summed E-state index contributed by atoms with van der Waals surface area (Å²) >= 11 is 0. The van der Waals surface area contributed by atoms with E-state index in [-0.39, 0.29) is 19.6 Å². The molecule has 1 atom stereocenters. The molecule has 1 unspecified atom stereocenters. The van der Waals surface area contributed by atoms with E-state index in [2.05, 4.69) is 5.32 Å². The summed E-state index contributed by atoms with van der Waals surface area (Å²) in [5.41, 5.74) is -1.51. The summed E-state index contributed by atoms with van der Waals surface area (Å²) < 4.78 is 10.4. The lowest BCUT2D eigenvalue weighted by atomic mass is 9.89. The Morgan fingerprint density at radius 2 is 1.89 bits per heavy atom. The van der Waals surface area contributed by atoms with Crippen LogP contribution in [0.5, 0.6) is 0 Å². The lowest BCUT2D eigenvalue weighted by Gasteiger charge is -2.40. The van der Waals surface area contributed by atoms with Gasteiger partial charge in [0.25, 0.3) is 0 Å². The molecule has 0 bridgehead atoms. The number of hydrogen-bond donors (Lipinski definition) is 2. The Kier molecular flexibility index (Phi) is 6.30. The van der Waals surface area contributed by atoms with Crippen LogP contribution in [0.3, 0.4) is 0 Å². The highest BCUT2D eigenvalue weighted by Gasteiger charge is 2.46. The summed E-state index contributed by atoms with van der Waals surface area (Å²) in [6, 6.07) is 9.07. The third-order valence-corrected chi connectivity index (χ3v) is 4.11. The number of rotatable bonds is 4. The predicted octanol–water partition coefficient (Wildman–Crippen LogP) is 2.77. The second kappa shape index (κ2) is 8.28. The van der Waals surface area contributed by atoms with E-state index in [9.17, 15) is 19.5 Å². The number of carboxylic acid groups (broad SMARTS) is 1. The number of nitrogens with zero attached hydrogens (tertiary/aromatic N) is 1. The van der Waals surface area contributed by atoms with Gasteiger partial charge in [0.1, 0.15) is 12.2 Å². The van der Waals surface area contributed by atoms with Crippen LogP contribution in [-0.2, 0) is 20.9 Å². The Bertz CT molecular complexity index is 685. The minimum atomic E-state index is -1.61. The van der Waals surface area contributed by atoms with Gasteiger partial charge in [0.2, 0.25) is 0 Å². The number of carbonyl (C=O) groups is 3. The van der Waals surface area contributed by atoms with Crippen LogP contribution in [0, 0.1) is 0 Å². The number of amides is 2. The molecule has 1 saturated heterocycles. The summed E-state index contributed by atoms with van der Waals surface area (Å²) in [7, 11) is 0. The smallest absolute Gasteiger partial charge is 0.410 e. The van der Waals surface area contributed by atoms with Crippen molar-refractivity contribution in [1.29, 1.82) is 0 Å². The van der Waals surface area contributed by atoms with Crippen molar-refractivity contribution < 1.29 is 29.0 Å². The van der Waals surface area contributed by atoms with Gasteiger partial charge >= 0.3 is 18.2 Å². The molecule has 1 aromatic carbocycles. The maximum absolute atomic E-state index is 12.3. The van der Waals surface area contributed by atoms with E-state index >= 15 is 0 Å². The fourth-order valence-corrected chi connectivity index (χ4v) is 2.82. The lowest BCUT2D eigenvalue weighted by Crippen LogP contribution is -2.64. The minimum Gasteiger partial charge on any atom is -0.479 e. The van der Waals surface area contributed by atoms with E-state index < -0.39 is 29.3 Å². The first kappa shape index (κ1) is 20.5. The highest BCUT2D eigenvalue weighted by Crippen LogP contribution is 2.24. The number of aliphatic carboxylic acids is 1. The molecule has 8 heteroatoms. The van der Waals surface area contributed by atoms with Crippen LogP contribution in [0.15, 0.2) is 30.3 Å². The van der Waals surface area contributed by atoms with Crippen molar-refractivity contribution in [1.82, 2.24) is 10.2 Å². The van der Waals surface area contributed by atoms with Crippen molar-refractivity contribution in [2.75, 3.05) is 13.1 Å². The quantitative estimate of drug-likeness (QED) is 0.835. The molecule has 2 amide bonds. The van der Waals surface area contributed by atoms with E-state index in [4.69, 9.17) is 9.47 Å². The van der Waals surface area contributed by atoms with Crippen molar-refractivity contribution in [2.45, 2.75) is 51.4 Å². The van der Waals surface area contributed by atoms with Crippen LogP contribution >= 0.6 is 0 Å². The lowest BCUT2D eigenvalue weighted by molar-refractivity contribution is -0.147. The monoisotopic (exact) mass is 378 g/mol. The molecule has 1 heterocycles. The molecule has 1 aliphatic heterocycles. The van der Waals surface area contributed by atoms with Gasteiger partial charge in [-0.15, -0.1) is 0 Å². The number of hydrogen-bond acceptors (Lipinski definition) is 5. The predicted molar refractivity (Wildman–Crippen MR) is 97.2 cm³/mol. The van der Waals surface area contributed by atoms with Crippen LogP contribution in [0.2, 0.25) is 0 Å². The van der Waals surface area contributed by atoms with Crippen LogP contribution in [0.25, 0.3) is 0 Å². The molecular formula is C19H26N2O6. The zero-order valence-electron chi connectivity index (χ0n) is 15.9. The fourth-order valence-electron chi connectivity index (χ4n) is 2.82. The Morgan fingerprint density at radius 3 is 2.48 bits per heavy atom. The number of carboxylic acids is 1. The third kappa shape index (κ3) is 5.87. The number of likely N-dealkylation sites (tertiary alicyclic amines) is 1. The molecule has 27 heavy (non-hydrogen) atoms. The SMILES string of the molecule is CC(C)(C)OC(=O)N1CCCC(NC(=O)OCc2ccccc2)(C(=O)O)C1. The molecule has 8 nitrogen and oxygen atoms in total. The summed E-state index contributed by atoms with van der Waals surface area (Å²) in [5, 5.41) is 12.1.